The zero-order chi connectivity index (χ0) is 12.9. The largest absolute Gasteiger partial charge is 3.00 e. The van der Waals surface area contributed by atoms with E-state index in [1.54, 1.807) is 0 Å². The van der Waals surface area contributed by atoms with E-state index in [4.69, 9.17) is 29.7 Å². The molecule has 0 heterocycles. The zero-order valence-electron chi connectivity index (χ0n) is 8.14. The molecule has 16 heavy (non-hydrogen) atoms. The number of hydrogen-bond donors (Lipinski definition) is 3. The molecule has 0 rings (SSSR count). The van der Waals surface area contributed by atoms with E-state index in [2.05, 4.69) is 17.2 Å². The van der Waals surface area contributed by atoms with Crippen molar-refractivity contribution in [2.75, 3.05) is 19.6 Å². The minimum Gasteiger partial charge on any atom is -0.549 e. The molecule has 0 aromatic carbocycles. The molecule has 0 amide bonds. The molecule has 0 aromatic heterocycles. The predicted octanol–water partition coefficient (Wildman–Crippen LogP) is -6.92. The van der Waals surface area contributed by atoms with E-state index in [0.717, 1.165) is 0 Å². The van der Waals surface area contributed by atoms with Crippen molar-refractivity contribution in [1.29, 1.82) is 0 Å². The molecule has 0 saturated heterocycles. The number of carboxylic acid groups (broad SMARTS) is 3. The van der Waals surface area contributed by atoms with Crippen LogP contribution in [0.5, 0.6) is 0 Å². The first kappa shape index (κ1) is 24.2. The second-order valence-electron chi connectivity index (χ2n) is 1.73. The summed E-state index contributed by atoms with van der Waals surface area (Å²) < 4.78 is 0. The number of aliphatic carboxylic acids is 3. The van der Waals surface area contributed by atoms with Crippen LogP contribution in [0, 0.1) is 0 Å². The Labute approximate surface area is 102 Å². The Balaban J connectivity index is -0.0000000655. The summed E-state index contributed by atoms with van der Waals surface area (Å²) in [7, 11) is 0. The van der Waals surface area contributed by atoms with Crippen LogP contribution in [-0.2, 0) is 31.2 Å². The van der Waals surface area contributed by atoms with E-state index in [0.29, 0.717) is 0 Å². The monoisotopic (exact) mass is 281 g/mol. The second kappa shape index (κ2) is 19.4. The SMILES string of the molecule is NCC(=O)[O-].NCC(=O)[O-].NCC(=O)[O-].[Co+3]. The van der Waals surface area contributed by atoms with Gasteiger partial charge in [-0.05, 0) is 0 Å². The number of rotatable bonds is 3. The maximum atomic E-state index is 9.13. The average molecular weight is 281 g/mol. The average Bonchev–Trinajstić information content (AvgIpc) is 2.19. The van der Waals surface area contributed by atoms with Crippen LogP contribution in [0.4, 0.5) is 0 Å². The summed E-state index contributed by atoms with van der Waals surface area (Å²) in [6, 6.07) is 0. The topological polar surface area (TPSA) is 198 Å². The van der Waals surface area contributed by atoms with Gasteiger partial charge in [0.2, 0.25) is 0 Å². The quantitative estimate of drug-likeness (QED) is 0.449. The normalized spacial score (nSPS) is 6.94. The molecular weight excluding hydrogens is 269 g/mol. The predicted molar refractivity (Wildman–Crippen MR) is 42.2 cm³/mol. The Morgan fingerprint density at radius 1 is 0.688 bits per heavy atom. The first-order valence-electron chi connectivity index (χ1n) is 3.51. The van der Waals surface area contributed by atoms with Crippen LogP contribution >= 0.6 is 0 Å². The summed E-state index contributed by atoms with van der Waals surface area (Å²) in [5.41, 5.74) is 13.5. The molecule has 0 bridgehead atoms. The van der Waals surface area contributed by atoms with E-state index in [1.807, 2.05) is 0 Å². The Bertz CT molecular complexity index is 167. The molecule has 10 heteroatoms. The maximum absolute atomic E-state index is 9.13. The van der Waals surface area contributed by atoms with Gasteiger partial charge in [0.15, 0.2) is 0 Å². The molecule has 6 N–H and O–H groups in total. The first-order chi connectivity index (χ1) is 6.81. The molecule has 0 radical (unpaired) electrons. The second-order valence-corrected chi connectivity index (χ2v) is 1.73. The van der Waals surface area contributed by atoms with Gasteiger partial charge in [-0.15, -0.1) is 0 Å². The third-order valence-electron chi connectivity index (χ3n) is 0.500. The third kappa shape index (κ3) is 77.4. The Morgan fingerprint density at radius 2 is 0.750 bits per heavy atom. The van der Waals surface area contributed by atoms with E-state index < -0.39 is 17.9 Å². The van der Waals surface area contributed by atoms with Crippen molar-refractivity contribution in [2.45, 2.75) is 0 Å². The van der Waals surface area contributed by atoms with Crippen LogP contribution in [0.25, 0.3) is 0 Å². The summed E-state index contributed by atoms with van der Waals surface area (Å²) in [4.78, 5) is 27.4. The molecule has 9 nitrogen and oxygen atoms in total. The van der Waals surface area contributed by atoms with Crippen molar-refractivity contribution in [1.82, 2.24) is 0 Å². The van der Waals surface area contributed by atoms with Crippen molar-refractivity contribution in [3.05, 3.63) is 0 Å². The van der Waals surface area contributed by atoms with E-state index in [-0.39, 0.29) is 36.4 Å². The van der Waals surface area contributed by atoms with Gasteiger partial charge in [-0.2, -0.15) is 0 Å². The number of carboxylic acids is 3. The summed E-state index contributed by atoms with van der Waals surface area (Å²) in [6.45, 7) is -1.17. The summed E-state index contributed by atoms with van der Waals surface area (Å²) >= 11 is 0. The third-order valence-corrected chi connectivity index (χ3v) is 0.500. The van der Waals surface area contributed by atoms with Gasteiger partial charge < -0.3 is 46.9 Å². The van der Waals surface area contributed by atoms with E-state index >= 15 is 0 Å². The minimum absolute atomic E-state index is 0. The van der Waals surface area contributed by atoms with Gasteiger partial charge in [0, 0.05) is 19.6 Å². The minimum atomic E-state index is -1.22. The molecule has 0 aliphatic rings. The van der Waals surface area contributed by atoms with Crippen LogP contribution in [0.2, 0.25) is 0 Å². The fraction of sp³-hybridized carbons (Fsp3) is 0.500. The number of hydrogen-bond acceptors (Lipinski definition) is 9. The number of carbonyl (C=O) groups is 3. The van der Waals surface area contributed by atoms with Gasteiger partial charge in [0.05, 0.1) is 17.9 Å². The van der Waals surface area contributed by atoms with Crippen LogP contribution in [0.1, 0.15) is 0 Å². The molecule has 0 aliphatic carbocycles. The standard InChI is InChI=1S/3C2H5NO2.Co/c3*3-1-2(4)5;/h3*1,3H2,(H,4,5);/q;;;+3/p-3. The van der Waals surface area contributed by atoms with Crippen LogP contribution in [0.15, 0.2) is 0 Å². The van der Waals surface area contributed by atoms with Gasteiger partial charge in [-0.1, -0.05) is 0 Å². The Morgan fingerprint density at radius 3 is 0.750 bits per heavy atom. The van der Waals surface area contributed by atoms with Gasteiger partial charge in [0.1, 0.15) is 0 Å². The number of carbonyl (C=O) groups excluding carboxylic acids is 3. The summed E-state index contributed by atoms with van der Waals surface area (Å²) in [6.07, 6.45) is 0. The van der Waals surface area contributed by atoms with Crippen molar-refractivity contribution >= 4 is 17.9 Å². The van der Waals surface area contributed by atoms with Crippen molar-refractivity contribution in [3.8, 4) is 0 Å². The molecule has 0 aromatic rings. The Kier molecular flexibility index (Phi) is 29.3. The van der Waals surface area contributed by atoms with Gasteiger partial charge in [0.25, 0.3) is 0 Å². The van der Waals surface area contributed by atoms with Crippen molar-refractivity contribution in [2.24, 2.45) is 17.2 Å². The maximum Gasteiger partial charge on any atom is 3.00 e. The molecule has 96 valence electrons. The van der Waals surface area contributed by atoms with Crippen LogP contribution in [0.3, 0.4) is 0 Å². The van der Waals surface area contributed by atoms with Gasteiger partial charge in [-0.3, -0.25) is 0 Å². The van der Waals surface area contributed by atoms with Crippen LogP contribution in [-0.4, -0.2) is 37.5 Å². The summed E-state index contributed by atoms with van der Waals surface area (Å²) in [5, 5.41) is 27.4. The molecular formula is C6H12CoN3O6. The first-order valence-corrected chi connectivity index (χ1v) is 3.51. The van der Waals surface area contributed by atoms with Gasteiger partial charge in [-0.25, -0.2) is 0 Å². The van der Waals surface area contributed by atoms with E-state index in [1.165, 1.54) is 0 Å². The summed E-state index contributed by atoms with van der Waals surface area (Å²) in [5.74, 6) is -3.65. The number of nitrogens with two attached hydrogens (primary N) is 3. The molecule has 0 unspecified atom stereocenters. The zero-order valence-corrected chi connectivity index (χ0v) is 9.18. The van der Waals surface area contributed by atoms with Crippen LogP contribution < -0.4 is 32.5 Å². The Hall–Kier alpha value is -1.20. The smallest absolute Gasteiger partial charge is 0.549 e. The molecule has 0 fully saturated rings. The fourth-order valence-corrected chi connectivity index (χ4v) is 0. The molecule has 0 spiro atoms. The van der Waals surface area contributed by atoms with Crippen molar-refractivity contribution < 1.29 is 46.5 Å². The molecule has 0 atom stereocenters. The van der Waals surface area contributed by atoms with E-state index in [9.17, 15) is 0 Å². The van der Waals surface area contributed by atoms with Crippen molar-refractivity contribution in [3.63, 3.8) is 0 Å². The molecule has 0 aliphatic heterocycles. The molecule has 0 saturated carbocycles. The van der Waals surface area contributed by atoms with Gasteiger partial charge >= 0.3 is 16.8 Å². The fourth-order valence-electron chi connectivity index (χ4n) is 0.